The molecule has 2 aromatic heterocycles. The Morgan fingerprint density at radius 3 is 2.81 bits per heavy atom. The van der Waals surface area contributed by atoms with E-state index in [1.54, 1.807) is 12.3 Å². The number of amides is 1. The van der Waals surface area contributed by atoms with Gasteiger partial charge in [-0.1, -0.05) is 6.92 Å². The SMILES string of the molecule is CCCN(CC(=O)O)C(=O)c1cnc2scc(C)n2c1=O. The molecule has 1 N–H and O–H groups in total. The number of aryl methyl sites for hydroxylation is 1. The van der Waals surface area contributed by atoms with Gasteiger partial charge in [0, 0.05) is 23.8 Å². The first-order valence-electron chi connectivity index (χ1n) is 6.42. The Labute approximate surface area is 124 Å². The molecule has 0 aromatic carbocycles. The molecule has 0 aliphatic rings. The minimum atomic E-state index is -1.11. The van der Waals surface area contributed by atoms with Crippen molar-refractivity contribution in [2.45, 2.75) is 20.3 Å². The molecule has 2 heterocycles. The van der Waals surface area contributed by atoms with Gasteiger partial charge in [-0.15, -0.1) is 11.3 Å². The van der Waals surface area contributed by atoms with Crippen LogP contribution >= 0.6 is 11.3 Å². The molecule has 0 unspecified atom stereocenters. The second kappa shape index (κ2) is 6.04. The zero-order valence-electron chi connectivity index (χ0n) is 11.7. The average molecular weight is 309 g/mol. The lowest BCUT2D eigenvalue weighted by atomic mass is 10.2. The fourth-order valence-corrected chi connectivity index (χ4v) is 2.85. The van der Waals surface area contributed by atoms with Crippen LogP contribution in [0, 0.1) is 6.92 Å². The van der Waals surface area contributed by atoms with Crippen LogP contribution in [-0.4, -0.2) is 44.4 Å². The predicted octanol–water partition coefficient (Wildman–Crippen LogP) is 1.00. The monoisotopic (exact) mass is 309 g/mol. The molecular weight excluding hydrogens is 294 g/mol. The summed E-state index contributed by atoms with van der Waals surface area (Å²) < 4.78 is 1.36. The van der Waals surface area contributed by atoms with E-state index in [1.807, 2.05) is 6.92 Å². The number of nitrogens with zero attached hydrogens (tertiary/aromatic N) is 3. The quantitative estimate of drug-likeness (QED) is 0.889. The van der Waals surface area contributed by atoms with Gasteiger partial charge >= 0.3 is 5.97 Å². The smallest absolute Gasteiger partial charge is 0.323 e. The van der Waals surface area contributed by atoms with E-state index in [4.69, 9.17) is 5.11 Å². The molecule has 0 fully saturated rings. The van der Waals surface area contributed by atoms with Crippen molar-refractivity contribution < 1.29 is 14.7 Å². The standard InChI is InChI=1S/C13H15N3O4S/c1-3-4-15(6-10(17)18)11(19)9-5-14-13-16(12(9)20)8(2)7-21-13/h5,7H,3-4,6H2,1-2H3,(H,17,18). The molecule has 8 heteroatoms. The van der Waals surface area contributed by atoms with Crippen LogP contribution in [0.4, 0.5) is 0 Å². The molecule has 112 valence electrons. The zero-order valence-corrected chi connectivity index (χ0v) is 12.5. The Kier molecular flexibility index (Phi) is 4.37. The summed E-state index contributed by atoms with van der Waals surface area (Å²) in [4.78, 5) is 41.3. The Hall–Kier alpha value is -2.22. The van der Waals surface area contributed by atoms with E-state index in [0.717, 1.165) is 4.90 Å². The van der Waals surface area contributed by atoms with E-state index < -0.39 is 24.0 Å². The molecule has 0 spiro atoms. The maximum absolute atomic E-state index is 12.4. The van der Waals surface area contributed by atoms with Crippen molar-refractivity contribution in [1.29, 1.82) is 0 Å². The van der Waals surface area contributed by atoms with Gasteiger partial charge in [-0.05, 0) is 13.3 Å². The Bertz CT molecular complexity index is 749. The Balaban J connectivity index is 2.46. The first-order valence-corrected chi connectivity index (χ1v) is 7.30. The van der Waals surface area contributed by atoms with Gasteiger partial charge in [0.1, 0.15) is 12.1 Å². The van der Waals surface area contributed by atoms with E-state index >= 15 is 0 Å². The third-order valence-electron chi connectivity index (χ3n) is 2.95. The molecule has 0 aliphatic heterocycles. The number of hydrogen-bond donors (Lipinski definition) is 1. The minimum absolute atomic E-state index is 0.108. The van der Waals surface area contributed by atoms with Gasteiger partial charge in [0.15, 0.2) is 4.96 Å². The van der Waals surface area contributed by atoms with E-state index in [2.05, 4.69) is 4.98 Å². The molecule has 0 saturated carbocycles. The molecule has 0 bridgehead atoms. The number of thiazole rings is 1. The highest BCUT2D eigenvalue weighted by atomic mass is 32.1. The molecule has 2 aromatic rings. The van der Waals surface area contributed by atoms with Crippen molar-refractivity contribution >= 4 is 28.2 Å². The molecule has 1 amide bonds. The number of aromatic nitrogens is 2. The first kappa shape index (κ1) is 15.2. The fourth-order valence-electron chi connectivity index (χ4n) is 2.03. The van der Waals surface area contributed by atoms with Gasteiger partial charge in [0.25, 0.3) is 11.5 Å². The van der Waals surface area contributed by atoms with E-state index in [0.29, 0.717) is 17.1 Å². The van der Waals surface area contributed by atoms with Crippen LogP contribution in [-0.2, 0) is 4.79 Å². The lowest BCUT2D eigenvalue weighted by molar-refractivity contribution is -0.137. The number of rotatable bonds is 5. The molecule has 0 atom stereocenters. The van der Waals surface area contributed by atoms with Gasteiger partial charge < -0.3 is 10.0 Å². The van der Waals surface area contributed by atoms with Gasteiger partial charge in [-0.2, -0.15) is 0 Å². The van der Waals surface area contributed by atoms with Crippen molar-refractivity contribution in [2.24, 2.45) is 0 Å². The fraction of sp³-hybridized carbons (Fsp3) is 0.385. The summed E-state index contributed by atoms with van der Waals surface area (Å²) in [6.07, 6.45) is 1.83. The largest absolute Gasteiger partial charge is 0.480 e. The van der Waals surface area contributed by atoms with Gasteiger partial charge in [-0.3, -0.25) is 18.8 Å². The highest BCUT2D eigenvalue weighted by Crippen LogP contribution is 2.11. The third kappa shape index (κ3) is 2.94. The van der Waals surface area contributed by atoms with Crippen molar-refractivity contribution in [3.8, 4) is 0 Å². The topological polar surface area (TPSA) is 92.0 Å². The van der Waals surface area contributed by atoms with Crippen LogP contribution < -0.4 is 5.56 Å². The van der Waals surface area contributed by atoms with Crippen molar-refractivity contribution in [2.75, 3.05) is 13.1 Å². The Morgan fingerprint density at radius 2 is 2.19 bits per heavy atom. The zero-order chi connectivity index (χ0) is 15.6. The summed E-state index contributed by atoms with van der Waals surface area (Å²) in [5, 5.41) is 10.6. The maximum Gasteiger partial charge on any atom is 0.323 e. The molecule has 0 radical (unpaired) electrons. The second-order valence-corrected chi connectivity index (χ2v) is 5.43. The lowest BCUT2D eigenvalue weighted by Crippen LogP contribution is -2.39. The maximum atomic E-state index is 12.4. The first-order chi connectivity index (χ1) is 9.95. The summed E-state index contributed by atoms with van der Waals surface area (Å²) in [7, 11) is 0. The number of carbonyl (C=O) groups is 2. The van der Waals surface area contributed by atoms with Crippen LogP contribution in [0.1, 0.15) is 29.4 Å². The summed E-state index contributed by atoms with van der Waals surface area (Å²) in [5.74, 6) is -1.71. The summed E-state index contributed by atoms with van der Waals surface area (Å²) in [6.45, 7) is 3.43. The van der Waals surface area contributed by atoms with Crippen molar-refractivity contribution in [3.63, 3.8) is 0 Å². The van der Waals surface area contributed by atoms with Gasteiger partial charge in [0.05, 0.1) is 0 Å². The highest BCUT2D eigenvalue weighted by Gasteiger charge is 2.22. The third-order valence-corrected chi connectivity index (χ3v) is 3.91. The number of fused-ring (bicyclic) bond motifs is 1. The van der Waals surface area contributed by atoms with Crippen LogP contribution in [0.15, 0.2) is 16.4 Å². The molecule has 21 heavy (non-hydrogen) atoms. The van der Waals surface area contributed by atoms with Crippen molar-refractivity contribution in [3.05, 3.63) is 33.2 Å². The predicted molar refractivity (Wildman–Crippen MR) is 77.9 cm³/mol. The van der Waals surface area contributed by atoms with Crippen LogP contribution in [0.2, 0.25) is 0 Å². The number of hydrogen-bond acceptors (Lipinski definition) is 5. The summed E-state index contributed by atoms with van der Waals surface area (Å²) >= 11 is 1.31. The lowest BCUT2D eigenvalue weighted by Gasteiger charge is -2.19. The van der Waals surface area contributed by atoms with Crippen LogP contribution in [0.5, 0.6) is 0 Å². The average Bonchev–Trinajstić information content (AvgIpc) is 2.80. The van der Waals surface area contributed by atoms with E-state index in [1.165, 1.54) is 21.9 Å². The van der Waals surface area contributed by atoms with E-state index in [9.17, 15) is 14.4 Å². The van der Waals surface area contributed by atoms with Crippen molar-refractivity contribution in [1.82, 2.24) is 14.3 Å². The number of aliphatic carboxylic acids is 1. The van der Waals surface area contributed by atoms with Crippen LogP contribution in [0.3, 0.4) is 0 Å². The molecule has 2 rings (SSSR count). The highest BCUT2D eigenvalue weighted by molar-refractivity contribution is 7.15. The molecule has 0 aliphatic carbocycles. The molecule has 7 nitrogen and oxygen atoms in total. The second-order valence-electron chi connectivity index (χ2n) is 4.59. The van der Waals surface area contributed by atoms with Crippen LogP contribution in [0.25, 0.3) is 4.96 Å². The minimum Gasteiger partial charge on any atom is -0.480 e. The van der Waals surface area contributed by atoms with E-state index in [-0.39, 0.29) is 12.1 Å². The molecular formula is C13H15N3O4S. The number of carboxylic acid groups (broad SMARTS) is 1. The number of carbonyl (C=O) groups excluding carboxylic acids is 1. The normalized spacial score (nSPS) is 10.8. The Morgan fingerprint density at radius 1 is 1.48 bits per heavy atom. The summed E-state index contributed by atoms with van der Waals surface area (Å²) in [5.41, 5.74) is 0.126. The number of carboxylic acids is 1. The summed E-state index contributed by atoms with van der Waals surface area (Å²) in [6, 6.07) is 0. The molecule has 0 saturated heterocycles. The van der Waals surface area contributed by atoms with Gasteiger partial charge in [-0.25, -0.2) is 4.98 Å². The van der Waals surface area contributed by atoms with Gasteiger partial charge in [0.2, 0.25) is 0 Å².